The number of fused-ring (bicyclic) bond motifs is 1. The Labute approximate surface area is 112 Å². The van der Waals surface area contributed by atoms with Crippen molar-refractivity contribution in [1.82, 2.24) is 0 Å². The number of hydrogen-bond donors (Lipinski definition) is 1. The van der Waals surface area contributed by atoms with E-state index in [4.69, 9.17) is 10.2 Å². The molecule has 0 amide bonds. The van der Waals surface area contributed by atoms with Crippen molar-refractivity contribution in [3.63, 3.8) is 0 Å². The molecule has 2 unspecified atom stereocenters. The molecule has 2 heterocycles. The van der Waals surface area contributed by atoms with E-state index in [1.54, 1.807) is 0 Å². The second kappa shape index (κ2) is 4.32. The van der Waals surface area contributed by atoms with Crippen molar-refractivity contribution in [2.24, 2.45) is 5.73 Å². The molecule has 1 aromatic carbocycles. The minimum Gasteiger partial charge on any atom is -0.459 e. The van der Waals surface area contributed by atoms with Gasteiger partial charge in [-0.25, -0.2) is 0 Å². The molecule has 1 aliphatic rings. The van der Waals surface area contributed by atoms with E-state index in [-0.39, 0.29) is 10.8 Å². The third-order valence-electron chi connectivity index (χ3n) is 3.97. The maximum Gasteiger partial charge on any atom is 0.137 e. The van der Waals surface area contributed by atoms with E-state index in [2.05, 4.69) is 38.1 Å². The lowest BCUT2D eigenvalue weighted by molar-refractivity contribution is 0.418. The van der Waals surface area contributed by atoms with Crippen molar-refractivity contribution in [3.8, 4) is 0 Å². The summed E-state index contributed by atoms with van der Waals surface area (Å²) in [5.74, 6) is 2.14. The lowest BCUT2D eigenvalue weighted by atomic mass is 9.95. The van der Waals surface area contributed by atoms with Crippen LogP contribution in [0.25, 0.3) is 11.0 Å². The topological polar surface area (TPSA) is 39.2 Å². The van der Waals surface area contributed by atoms with Crippen LogP contribution in [0.2, 0.25) is 0 Å². The molecular weight excluding hydrogens is 242 g/mol. The van der Waals surface area contributed by atoms with Gasteiger partial charge in [0.25, 0.3) is 0 Å². The SMILES string of the molecule is Cc1cccc2cc(C(N)C3(C)CCCS3)oc12. The largest absolute Gasteiger partial charge is 0.459 e. The fraction of sp³-hybridized carbons (Fsp3) is 0.467. The minimum atomic E-state index is -0.0169. The van der Waals surface area contributed by atoms with E-state index in [1.165, 1.54) is 24.2 Å². The maximum absolute atomic E-state index is 6.43. The summed E-state index contributed by atoms with van der Waals surface area (Å²) in [5.41, 5.74) is 8.59. The van der Waals surface area contributed by atoms with Crippen molar-refractivity contribution >= 4 is 22.7 Å². The van der Waals surface area contributed by atoms with E-state index in [9.17, 15) is 0 Å². The van der Waals surface area contributed by atoms with Gasteiger partial charge in [-0.15, -0.1) is 0 Å². The molecule has 0 bridgehead atoms. The smallest absolute Gasteiger partial charge is 0.137 e. The van der Waals surface area contributed by atoms with E-state index >= 15 is 0 Å². The summed E-state index contributed by atoms with van der Waals surface area (Å²) in [5, 5.41) is 1.16. The first-order chi connectivity index (χ1) is 8.60. The van der Waals surface area contributed by atoms with Crippen LogP contribution in [-0.4, -0.2) is 10.5 Å². The van der Waals surface area contributed by atoms with Crippen LogP contribution in [0.3, 0.4) is 0 Å². The van der Waals surface area contributed by atoms with Crippen LogP contribution in [-0.2, 0) is 0 Å². The van der Waals surface area contributed by atoms with Gasteiger partial charge in [0.1, 0.15) is 11.3 Å². The average Bonchev–Trinajstić information content (AvgIpc) is 2.96. The number of hydrogen-bond acceptors (Lipinski definition) is 3. The fourth-order valence-corrected chi connectivity index (χ4v) is 4.07. The maximum atomic E-state index is 6.43. The quantitative estimate of drug-likeness (QED) is 0.887. The number of thioether (sulfide) groups is 1. The number of nitrogens with two attached hydrogens (primary N) is 1. The Bertz CT molecular complexity index is 569. The molecule has 3 rings (SSSR count). The number of para-hydroxylation sites is 1. The van der Waals surface area contributed by atoms with Gasteiger partial charge in [0.05, 0.1) is 6.04 Å². The van der Waals surface area contributed by atoms with Crippen LogP contribution in [0.1, 0.15) is 37.1 Å². The van der Waals surface area contributed by atoms with E-state index in [1.807, 2.05) is 11.8 Å². The molecule has 2 N–H and O–H groups in total. The average molecular weight is 261 g/mol. The Morgan fingerprint density at radius 3 is 2.94 bits per heavy atom. The fourth-order valence-electron chi connectivity index (χ4n) is 2.73. The zero-order valence-corrected chi connectivity index (χ0v) is 11.7. The molecule has 18 heavy (non-hydrogen) atoms. The number of rotatable bonds is 2. The highest BCUT2D eigenvalue weighted by atomic mass is 32.2. The predicted molar refractivity (Wildman–Crippen MR) is 78.0 cm³/mol. The third-order valence-corrected chi connectivity index (χ3v) is 5.58. The Hall–Kier alpha value is -0.930. The zero-order chi connectivity index (χ0) is 12.8. The summed E-state index contributed by atoms with van der Waals surface area (Å²) in [6.45, 7) is 4.34. The number of aryl methyl sites for hydroxylation is 1. The Morgan fingerprint density at radius 2 is 2.28 bits per heavy atom. The molecular formula is C15H19NOS. The molecule has 1 fully saturated rings. The summed E-state index contributed by atoms with van der Waals surface area (Å²) in [7, 11) is 0. The van der Waals surface area contributed by atoms with Crippen molar-refractivity contribution in [1.29, 1.82) is 0 Å². The highest BCUT2D eigenvalue weighted by Crippen LogP contribution is 2.46. The summed E-state index contributed by atoms with van der Waals surface area (Å²) in [6.07, 6.45) is 2.43. The van der Waals surface area contributed by atoms with Crippen molar-refractivity contribution < 1.29 is 4.42 Å². The zero-order valence-electron chi connectivity index (χ0n) is 10.9. The number of benzene rings is 1. The standard InChI is InChI=1S/C15H19NOS/c1-10-5-3-6-11-9-12(17-13(10)11)14(16)15(2)7-4-8-18-15/h3,5-6,9,14H,4,7-8,16H2,1-2H3. The summed E-state index contributed by atoms with van der Waals surface area (Å²) < 4.78 is 6.13. The lowest BCUT2D eigenvalue weighted by Gasteiger charge is -2.28. The molecule has 1 aromatic heterocycles. The Kier molecular flexibility index (Phi) is 2.91. The van der Waals surface area contributed by atoms with E-state index < -0.39 is 0 Å². The first kappa shape index (κ1) is 12.1. The summed E-state index contributed by atoms with van der Waals surface area (Å²) in [4.78, 5) is 0. The van der Waals surface area contributed by atoms with Crippen LogP contribution in [0.5, 0.6) is 0 Å². The molecule has 0 aliphatic carbocycles. The van der Waals surface area contributed by atoms with Crippen LogP contribution >= 0.6 is 11.8 Å². The van der Waals surface area contributed by atoms with E-state index in [0.717, 1.165) is 16.7 Å². The molecule has 2 atom stereocenters. The molecule has 0 radical (unpaired) electrons. The highest BCUT2D eigenvalue weighted by molar-refractivity contribution is 8.00. The molecule has 96 valence electrons. The molecule has 1 aliphatic heterocycles. The van der Waals surface area contributed by atoms with Gasteiger partial charge in [-0.3, -0.25) is 0 Å². The first-order valence-electron chi connectivity index (χ1n) is 6.49. The second-order valence-corrected chi connectivity index (χ2v) is 7.01. The van der Waals surface area contributed by atoms with Crippen LogP contribution < -0.4 is 5.73 Å². The van der Waals surface area contributed by atoms with Gasteiger partial charge in [0, 0.05) is 10.1 Å². The Balaban J connectivity index is 2.01. The molecule has 3 heteroatoms. The molecule has 0 saturated carbocycles. The van der Waals surface area contributed by atoms with Gasteiger partial charge in [0.15, 0.2) is 0 Å². The highest BCUT2D eigenvalue weighted by Gasteiger charge is 2.38. The third kappa shape index (κ3) is 1.86. The van der Waals surface area contributed by atoms with Gasteiger partial charge >= 0.3 is 0 Å². The predicted octanol–water partition coefficient (Wildman–Crippen LogP) is 4.03. The van der Waals surface area contributed by atoms with Crippen molar-refractivity contribution in [3.05, 3.63) is 35.6 Å². The minimum absolute atomic E-state index is 0.0169. The van der Waals surface area contributed by atoms with Gasteiger partial charge in [-0.1, -0.05) is 18.2 Å². The number of furan rings is 1. The summed E-state index contributed by atoms with van der Waals surface area (Å²) in [6, 6.07) is 8.32. The van der Waals surface area contributed by atoms with Crippen LogP contribution in [0.4, 0.5) is 0 Å². The van der Waals surface area contributed by atoms with E-state index in [0.29, 0.717) is 0 Å². The van der Waals surface area contributed by atoms with Crippen molar-refractivity contribution in [2.75, 3.05) is 5.75 Å². The van der Waals surface area contributed by atoms with Crippen LogP contribution in [0.15, 0.2) is 28.7 Å². The lowest BCUT2D eigenvalue weighted by Crippen LogP contribution is -2.32. The van der Waals surface area contributed by atoms with Gasteiger partial charge < -0.3 is 10.2 Å². The first-order valence-corrected chi connectivity index (χ1v) is 7.47. The van der Waals surface area contributed by atoms with Crippen LogP contribution in [0, 0.1) is 6.92 Å². The van der Waals surface area contributed by atoms with Gasteiger partial charge in [0.2, 0.25) is 0 Å². The molecule has 2 nitrogen and oxygen atoms in total. The van der Waals surface area contributed by atoms with Gasteiger partial charge in [-0.05, 0) is 44.1 Å². The molecule has 1 saturated heterocycles. The normalized spacial score (nSPS) is 25.7. The monoisotopic (exact) mass is 261 g/mol. The Morgan fingerprint density at radius 1 is 1.44 bits per heavy atom. The summed E-state index contributed by atoms with van der Waals surface area (Å²) >= 11 is 1.98. The second-order valence-electron chi connectivity index (χ2n) is 5.38. The van der Waals surface area contributed by atoms with Gasteiger partial charge in [-0.2, -0.15) is 11.8 Å². The molecule has 2 aromatic rings. The molecule has 0 spiro atoms. The van der Waals surface area contributed by atoms with Crippen molar-refractivity contribution in [2.45, 2.75) is 37.5 Å².